The molecule has 1 amide bonds. The van der Waals surface area contributed by atoms with Crippen LogP contribution in [0.15, 0.2) is 28.7 Å². The Kier molecular flexibility index (Phi) is 4.48. The molecule has 0 aliphatic heterocycles. The standard InChI is InChI=1S/C15H18BrNO3/c1-10(13(18)19)17-14(20)15(8-2-3-9-15)11-4-6-12(16)7-5-11/h4-7,10H,2-3,8-9H2,1H3,(H,17,20)(H,18,19)/t10-/m0/s1. The van der Waals surface area contributed by atoms with Crippen molar-refractivity contribution < 1.29 is 14.7 Å². The Morgan fingerprint density at radius 3 is 2.30 bits per heavy atom. The molecule has 0 radical (unpaired) electrons. The zero-order valence-corrected chi connectivity index (χ0v) is 12.9. The number of nitrogens with one attached hydrogen (secondary N) is 1. The summed E-state index contributed by atoms with van der Waals surface area (Å²) in [6.45, 7) is 1.49. The maximum absolute atomic E-state index is 12.6. The van der Waals surface area contributed by atoms with Crippen molar-refractivity contribution in [3.8, 4) is 0 Å². The van der Waals surface area contributed by atoms with Crippen LogP contribution in [0.5, 0.6) is 0 Å². The number of rotatable bonds is 4. The molecule has 0 unspecified atom stereocenters. The molecule has 2 N–H and O–H groups in total. The summed E-state index contributed by atoms with van der Waals surface area (Å²) < 4.78 is 0.966. The van der Waals surface area contributed by atoms with Crippen molar-refractivity contribution in [2.75, 3.05) is 0 Å². The van der Waals surface area contributed by atoms with Crippen molar-refractivity contribution in [2.24, 2.45) is 0 Å². The van der Waals surface area contributed by atoms with Crippen LogP contribution in [0.4, 0.5) is 0 Å². The first-order chi connectivity index (χ1) is 9.45. The van der Waals surface area contributed by atoms with Crippen molar-refractivity contribution in [3.63, 3.8) is 0 Å². The van der Waals surface area contributed by atoms with E-state index in [4.69, 9.17) is 5.11 Å². The molecule has 0 spiro atoms. The van der Waals surface area contributed by atoms with Crippen LogP contribution in [0.25, 0.3) is 0 Å². The van der Waals surface area contributed by atoms with Gasteiger partial charge < -0.3 is 10.4 Å². The van der Waals surface area contributed by atoms with Gasteiger partial charge in [-0.05, 0) is 37.5 Å². The van der Waals surface area contributed by atoms with Gasteiger partial charge in [0.15, 0.2) is 0 Å². The van der Waals surface area contributed by atoms with Crippen molar-refractivity contribution >= 4 is 27.8 Å². The fourth-order valence-electron chi connectivity index (χ4n) is 2.79. The van der Waals surface area contributed by atoms with Crippen LogP contribution in [0.2, 0.25) is 0 Å². The van der Waals surface area contributed by atoms with Crippen LogP contribution in [0.1, 0.15) is 38.2 Å². The van der Waals surface area contributed by atoms with Gasteiger partial charge in [-0.1, -0.05) is 40.9 Å². The van der Waals surface area contributed by atoms with Crippen LogP contribution >= 0.6 is 15.9 Å². The molecule has 1 saturated carbocycles. The highest BCUT2D eigenvalue weighted by Crippen LogP contribution is 2.41. The van der Waals surface area contributed by atoms with E-state index in [1.54, 1.807) is 0 Å². The molecule has 20 heavy (non-hydrogen) atoms. The fraction of sp³-hybridized carbons (Fsp3) is 0.467. The van der Waals surface area contributed by atoms with Gasteiger partial charge in [0.25, 0.3) is 0 Å². The Morgan fingerprint density at radius 1 is 1.25 bits per heavy atom. The van der Waals surface area contributed by atoms with E-state index in [0.29, 0.717) is 0 Å². The second kappa shape index (κ2) is 5.95. The van der Waals surface area contributed by atoms with E-state index in [2.05, 4.69) is 21.2 Å². The van der Waals surface area contributed by atoms with Crippen LogP contribution in [-0.4, -0.2) is 23.0 Å². The monoisotopic (exact) mass is 339 g/mol. The van der Waals surface area contributed by atoms with Gasteiger partial charge in [0.1, 0.15) is 6.04 Å². The molecular weight excluding hydrogens is 322 g/mol. The van der Waals surface area contributed by atoms with E-state index < -0.39 is 17.4 Å². The Hall–Kier alpha value is -1.36. The number of benzene rings is 1. The van der Waals surface area contributed by atoms with Crippen molar-refractivity contribution in [3.05, 3.63) is 34.3 Å². The highest BCUT2D eigenvalue weighted by Gasteiger charge is 2.43. The molecule has 0 bridgehead atoms. The summed E-state index contributed by atoms with van der Waals surface area (Å²) in [5, 5.41) is 11.6. The minimum Gasteiger partial charge on any atom is -0.480 e. The Bertz CT molecular complexity index is 506. The normalized spacial score (nSPS) is 18.5. The molecule has 1 aromatic carbocycles. The molecule has 2 rings (SSSR count). The van der Waals surface area contributed by atoms with E-state index in [9.17, 15) is 9.59 Å². The average Bonchev–Trinajstić information content (AvgIpc) is 2.90. The predicted octanol–water partition coefficient (Wildman–Crippen LogP) is 2.85. The van der Waals surface area contributed by atoms with Gasteiger partial charge in [0.05, 0.1) is 5.41 Å². The van der Waals surface area contributed by atoms with Crippen LogP contribution in [0.3, 0.4) is 0 Å². The number of hydrogen-bond acceptors (Lipinski definition) is 2. The van der Waals surface area contributed by atoms with Crippen LogP contribution in [-0.2, 0) is 15.0 Å². The quantitative estimate of drug-likeness (QED) is 0.886. The molecule has 4 nitrogen and oxygen atoms in total. The highest BCUT2D eigenvalue weighted by molar-refractivity contribution is 9.10. The number of carbonyl (C=O) groups is 2. The molecule has 1 fully saturated rings. The van der Waals surface area contributed by atoms with Crippen molar-refractivity contribution in [1.82, 2.24) is 5.32 Å². The first-order valence-electron chi connectivity index (χ1n) is 6.75. The number of halogens is 1. The zero-order chi connectivity index (χ0) is 14.8. The average molecular weight is 340 g/mol. The summed E-state index contributed by atoms with van der Waals surface area (Å²) >= 11 is 3.39. The minimum atomic E-state index is -1.01. The van der Waals surface area contributed by atoms with Crippen molar-refractivity contribution in [1.29, 1.82) is 0 Å². The first-order valence-corrected chi connectivity index (χ1v) is 7.55. The lowest BCUT2D eigenvalue weighted by molar-refractivity contribution is -0.142. The van der Waals surface area contributed by atoms with Gasteiger partial charge in [-0.3, -0.25) is 9.59 Å². The smallest absolute Gasteiger partial charge is 0.325 e. The zero-order valence-electron chi connectivity index (χ0n) is 11.4. The second-order valence-electron chi connectivity index (χ2n) is 5.33. The third-order valence-electron chi connectivity index (χ3n) is 4.01. The largest absolute Gasteiger partial charge is 0.480 e. The summed E-state index contributed by atoms with van der Waals surface area (Å²) in [5.74, 6) is -1.19. The Balaban J connectivity index is 2.28. The van der Waals surface area contributed by atoms with Gasteiger partial charge in [-0.25, -0.2) is 0 Å². The number of carboxylic acids is 1. The second-order valence-corrected chi connectivity index (χ2v) is 6.25. The summed E-state index contributed by atoms with van der Waals surface area (Å²) in [7, 11) is 0. The van der Waals surface area contributed by atoms with E-state index in [1.165, 1.54) is 6.92 Å². The molecule has 1 aliphatic rings. The lowest BCUT2D eigenvalue weighted by Gasteiger charge is -2.29. The van der Waals surface area contributed by atoms with Crippen LogP contribution in [0, 0.1) is 0 Å². The predicted molar refractivity (Wildman–Crippen MR) is 79.5 cm³/mol. The minimum absolute atomic E-state index is 0.174. The fourth-order valence-corrected chi connectivity index (χ4v) is 3.06. The summed E-state index contributed by atoms with van der Waals surface area (Å²) in [5.41, 5.74) is 0.387. The molecule has 0 heterocycles. The van der Waals surface area contributed by atoms with Gasteiger partial charge >= 0.3 is 5.97 Å². The SMILES string of the molecule is C[C@H](NC(=O)C1(c2ccc(Br)cc2)CCCC1)C(=O)O. The number of carboxylic acid groups (broad SMARTS) is 1. The van der Waals surface area contributed by atoms with E-state index in [-0.39, 0.29) is 5.91 Å². The number of carbonyl (C=O) groups excluding carboxylic acids is 1. The van der Waals surface area contributed by atoms with Gasteiger partial charge in [0.2, 0.25) is 5.91 Å². The molecule has 1 aromatic rings. The van der Waals surface area contributed by atoms with Gasteiger partial charge in [0, 0.05) is 4.47 Å². The van der Waals surface area contributed by atoms with Crippen molar-refractivity contribution in [2.45, 2.75) is 44.1 Å². The molecule has 5 heteroatoms. The molecular formula is C15H18BrNO3. The molecule has 1 aliphatic carbocycles. The molecule has 108 valence electrons. The third kappa shape index (κ3) is 2.87. The number of amides is 1. The van der Waals surface area contributed by atoms with E-state index in [0.717, 1.165) is 35.7 Å². The molecule has 0 saturated heterocycles. The molecule has 1 atom stereocenters. The van der Waals surface area contributed by atoms with Crippen LogP contribution < -0.4 is 5.32 Å². The number of aliphatic carboxylic acids is 1. The maximum Gasteiger partial charge on any atom is 0.325 e. The highest BCUT2D eigenvalue weighted by atomic mass is 79.9. The topological polar surface area (TPSA) is 66.4 Å². The summed E-state index contributed by atoms with van der Waals surface area (Å²) in [6.07, 6.45) is 3.52. The van der Waals surface area contributed by atoms with E-state index in [1.807, 2.05) is 24.3 Å². The van der Waals surface area contributed by atoms with Gasteiger partial charge in [-0.2, -0.15) is 0 Å². The third-order valence-corrected chi connectivity index (χ3v) is 4.54. The first kappa shape index (κ1) is 15.0. The summed E-state index contributed by atoms with van der Waals surface area (Å²) in [4.78, 5) is 23.5. The maximum atomic E-state index is 12.6. The number of hydrogen-bond donors (Lipinski definition) is 2. The van der Waals surface area contributed by atoms with Gasteiger partial charge in [-0.15, -0.1) is 0 Å². The Labute approximate surface area is 126 Å². The Morgan fingerprint density at radius 2 is 1.80 bits per heavy atom. The molecule has 0 aromatic heterocycles. The lowest BCUT2D eigenvalue weighted by Crippen LogP contribution is -2.48. The lowest BCUT2D eigenvalue weighted by atomic mass is 9.78. The summed E-state index contributed by atoms with van der Waals surface area (Å²) in [6, 6.07) is 6.86. The van der Waals surface area contributed by atoms with E-state index >= 15 is 0 Å².